The Morgan fingerprint density at radius 1 is 1.00 bits per heavy atom. The lowest BCUT2D eigenvalue weighted by Crippen LogP contribution is -2.32. The van der Waals surface area contributed by atoms with E-state index in [-0.39, 0.29) is 10.6 Å². The normalized spacial score (nSPS) is 10.3. The summed E-state index contributed by atoms with van der Waals surface area (Å²) in [5.74, 6) is -2.12. The van der Waals surface area contributed by atoms with E-state index in [4.69, 9.17) is 16.3 Å². The maximum Gasteiger partial charge on any atom is 0.325 e. The van der Waals surface area contributed by atoms with Crippen LogP contribution in [0.1, 0.15) is 10.4 Å². The monoisotopic (exact) mass is 499 g/mol. The highest BCUT2D eigenvalue weighted by Crippen LogP contribution is 2.33. The Kier molecular flexibility index (Phi) is 8.60. The molecule has 3 aromatic rings. The number of nitro benzene ring substituents is 1. The quantitative estimate of drug-likeness (QED) is 0.255. The van der Waals surface area contributed by atoms with Gasteiger partial charge in [0.25, 0.3) is 17.5 Å². The first-order valence-corrected chi connectivity index (χ1v) is 11.0. The maximum atomic E-state index is 12.3. The number of carbonyl (C=O) groups is 3. The molecule has 3 aromatic carbocycles. The molecule has 0 radical (unpaired) electrons. The first-order valence-electron chi connectivity index (χ1n) is 9.83. The molecule has 0 aromatic heterocycles. The van der Waals surface area contributed by atoms with Gasteiger partial charge in [0, 0.05) is 21.4 Å². The molecule has 11 heteroatoms. The van der Waals surface area contributed by atoms with Crippen molar-refractivity contribution < 1.29 is 24.0 Å². The molecule has 0 spiro atoms. The third-order valence-electron chi connectivity index (χ3n) is 4.29. The van der Waals surface area contributed by atoms with E-state index < -0.39 is 41.5 Å². The zero-order valence-corrected chi connectivity index (χ0v) is 19.1. The fourth-order valence-corrected chi connectivity index (χ4v) is 3.82. The fourth-order valence-electron chi connectivity index (χ4n) is 2.71. The van der Waals surface area contributed by atoms with Gasteiger partial charge in [-0.15, -0.1) is 0 Å². The lowest BCUT2D eigenvalue weighted by molar-refractivity contribution is -0.384. The summed E-state index contributed by atoms with van der Waals surface area (Å²) in [5.41, 5.74) is 0.0866. The van der Waals surface area contributed by atoms with Crippen molar-refractivity contribution in [3.05, 3.63) is 93.5 Å². The minimum atomic E-state index is -0.848. The number of ether oxygens (including phenoxy) is 1. The van der Waals surface area contributed by atoms with Crippen LogP contribution in [-0.2, 0) is 14.3 Å². The number of nitrogens with zero attached hydrogens (tertiary/aromatic N) is 1. The molecule has 0 heterocycles. The van der Waals surface area contributed by atoms with Crippen molar-refractivity contribution in [2.24, 2.45) is 0 Å². The van der Waals surface area contributed by atoms with Crippen LogP contribution in [0, 0.1) is 10.1 Å². The van der Waals surface area contributed by atoms with Gasteiger partial charge in [0.05, 0.1) is 10.6 Å². The smallest absolute Gasteiger partial charge is 0.325 e. The van der Waals surface area contributed by atoms with E-state index in [9.17, 15) is 24.5 Å². The third-order valence-corrected chi connectivity index (χ3v) is 5.70. The molecule has 0 saturated heterocycles. The number of benzene rings is 3. The SMILES string of the molecule is O=C(COC(=O)CNC(=O)c1ccc(Cl)c([N+](=O)[O-])c1)Nc1ccccc1Sc1ccccc1. The van der Waals surface area contributed by atoms with E-state index in [0.29, 0.717) is 5.69 Å². The van der Waals surface area contributed by atoms with Crippen molar-refractivity contribution in [3.8, 4) is 0 Å². The first kappa shape index (κ1) is 24.7. The van der Waals surface area contributed by atoms with E-state index in [1.165, 1.54) is 23.9 Å². The number of carbonyl (C=O) groups excluding carboxylic acids is 3. The van der Waals surface area contributed by atoms with Crippen LogP contribution in [0.15, 0.2) is 82.6 Å². The van der Waals surface area contributed by atoms with Gasteiger partial charge < -0.3 is 15.4 Å². The van der Waals surface area contributed by atoms with E-state index >= 15 is 0 Å². The Balaban J connectivity index is 1.48. The van der Waals surface area contributed by atoms with Gasteiger partial charge in [-0.1, -0.05) is 53.7 Å². The number of nitrogens with one attached hydrogen (secondary N) is 2. The molecule has 2 N–H and O–H groups in total. The van der Waals surface area contributed by atoms with Gasteiger partial charge >= 0.3 is 5.97 Å². The summed E-state index contributed by atoms with van der Waals surface area (Å²) < 4.78 is 4.90. The summed E-state index contributed by atoms with van der Waals surface area (Å²) in [6.07, 6.45) is 0. The van der Waals surface area contributed by atoms with Gasteiger partial charge in [-0.25, -0.2) is 0 Å². The molecule has 0 aliphatic carbocycles. The molecule has 0 aliphatic heterocycles. The summed E-state index contributed by atoms with van der Waals surface area (Å²) in [5, 5.41) is 15.8. The summed E-state index contributed by atoms with van der Waals surface area (Å²) >= 11 is 7.19. The van der Waals surface area contributed by atoms with Gasteiger partial charge in [-0.2, -0.15) is 0 Å². The number of nitro groups is 1. The summed E-state index contributed by atoms with van der Waals surface area (Å²) in [6.45, 7) is -1.07. The number of rotatable bonds is 9. The van der Waals surface area contributed by atoms with Crippen LogP contribution >= 0.6 is 23.4 Å². The Labute approximate surface area is 203 Å². The lowest BCUT2D eigenvalue weighted by atomic mass is 10.2. The highest BCUT2D eigenvalue weighted by atomic mass is 35.5. The van der Waals surface area contributed by atoms with E-state index in [2.05, 4.69) is 10.6 Å². The second-order valence-corrected chi connectivity index (χ2v) is 8.25. The van der Waals surface area contributed by atoms with Gasteiger partial charge in [-0.05, 0) is 36.4 Å². The predicted octanol–water partition coefficient (Wildman–Crippen LogP) is 4.31. The molecule has 34 heavy (non-hydrogen) atoms. The molecule has 0 unspecified atom stereocenters. The summed E-state index contributed by atoms with van der Waals surface area (Å²) in [7, 11) is 0. The summed E-state index contributed by atoms with van der Waals surface area (Å²) in [6, 6.07) is 20.3. The van der Waals surface area contributed by atoms with Crippen molar-refractivity contribution in [1.82, 2.24) is 5.32 Å². The predicted molar refractivity (Wildman–Crippen MR) is 127 cm³/mol. The molecule has 2 amide bonds. The number of hydrogen-bond acceptors (Lipinski definition) is 7. The van der Waals surface area contributed by atoms with E-state index in [0.717, 1.165) is 15.9 Å². The molecule has 3 rings (SSSR count). The highest BCUT2D eigenvalue weighted by molar-refractivity contribution is 7.99. The second-order valence-electron chi connectivity index (χ2n) is 6.73. The topological polar surface area (TPSA) is 128 Å². The van der Waals surface area contributed by atoms with E-state index in [1.807, 2.05) is 42.5 Å². The highest BCUT2D eigenvalue weighted by Gasteiger charge is 2.17. The number of amides is 2. The van der Waals surface area contributed by atoms with Crippen LogP contribution < -0.4 is 10.6 Å². The Morgan fingerprint density at radius 2 is 1.71 bits per heavy atom. The number of halogens is 1. The average Bonchev–Trinajstić information content (AvgIpc) is 2.83. The Bertz CT molecular complexity index is 1220. The standard InChI is InChI=1S/C23H18ClN3O6S/c24-17-11-10-15(12-19(17)27(31)32)23(30)25-13-22(29)33-14-21(28)26-18-8-4-5-9-20(18)34-16-6-2-1-3-7-16/h1-12H,13-14H2,(H,25,30)(H,26,28). The minimum Gasteiger partial charge on any atom is -0.454 e. The van der Waals surface area contributed by atoms with Crippen LogP contribution in [-0.4, -0.2) is 35.9 Å². The van der Waals surface area contributed by atoms with Crippen molar-refractivity contribution in [2.45, 2.75) is 9.79 Å². The third kappa shape index (κ3) is 7.06. The number of esters is 1. The molecular weight excluding hydrogens is 482 g/mol. The Hall–Kier alpha value is -3.89. The molecule has 174 valence electrons. The number of anilines is 1. The van der Waals surface area contributed by atoms with Crippen LogP contribution in [0.5, 0.6) is 0 Å². The van der Waals surface area contributed by atoms with Crippen LogP contribution in [0.3, 0.4) is 0 Å². The average molecular weight is 500 g/mol. The van der Waals surface area contributed by atoms with Crippen molar-refractivity contribution >= 4 is 52.5 Å². The molecule has 0 aliphatic rings. The number of para-hydroxylation sites is 1. The van der Waals surface area contributed by atoms with Crippen molar-refractivity contribution in [3.63, 3.8) is 0 Å². The van der Waals surface area contributed by atoms with Gasteiger partial charge in [0.1, 0.15) is 11.6 Å². The number of hydrogen-bond donors (Lipinski definition) is 2. The minimum absolute atomic E-state index is 0.0471. The zero-order valence-electron chi connectivity index (χ0n) is 17.5. The van der Waals surface area contributed by atoms with Gasteiger partial charge in [0.15, 0.2) is 6.61 Å². The lowest BCUT2D eigenvalue weighted by Gasteiger charge is -2.11. The van der Waals surface area contributed by atoms with Crippen LogP contribution in [0.25, 0.3) is 0 Å². The maximum absolute atomic E-state index is 12.3. The Morgan fingerprint density at radius 3 is 2.44 bits per heavy atom. The zero-order chi connectivity index (χ0) is 24.5. The molecule has 9 nitrogen and oxygen atoms in total. The molecular formula is C23H18ClN3O6S. The summed E-state index contributed by atoms with van der Waals surface area (Å²) in [4.78, 5) is 48.3. The van der Waals surface area contributed by atoms with Crippen molar-refractivity contribution in [1.29, 1.82) is 0 Å². The van der Waals surface area contributed by atoms with Crippen LogP contribution in [0.4, 0.5) is 11.4 Å². The second kappa shape index (κ2) is 11.8. The molecule has 0 saturated carbocycles. The molecule has 0 bridgehead atoms. The first-order chi connectivity index (χ1) is 16.3. The van der Waals surface area contributed by atoms with Crippen molar-refractivity contribution in [2.75, 3.05) is 18.5 Å². The van der Waals surface area contributed by atoms with Gasteiger partial charge in [0.2, 0.25) is 0 Å². The largest absolute Gasteiger partial charge is 0.454 e. The molecule has 0 fully saturated rings. The van der Waals surface area contributed by atoms with E-state index in [1.54, 1.807) is 12.1 Å². The van der Waals surface area contributed by atoms with Crippen LogP contribution in [0.2, 0.25) is 5.02 Å². The fraction of sp³-hybridized carbons (Fsp3) is 0.0870. The van der Waals surface area contributed by atoms with Gasteiger partial charge in [-0.3, -0.25) is 24.5 Å². The molecule has 0 atom stereocenters.